The molecule has 2 aromatic carbocycles. The van der Waals surface area contributed by atoms with E-state index in [0.29, 0.717) is 5.69 Å². The summed E-state index contributed by atoms with van der Waals surface area (Å²) in [6.07, 6.45) is 1.90. The van der Waals surface area contributed by atoms with Crippen LogP contribution in [0.2, 0.25) is 0 Å². The van der Waals surface area contributed by atoms with Crippen LogP contribution in [0.25, 0.3) is 10.9 Å². The number of sulfonamides is 1. The molecule has 6 nitrogen and oxygen atoms in total. The third-order valence-corrected chi connectivity index (χ3v) is 6.94. The number of amides is 1. The maximum Gasteiger partial charge on any atom is 0.247 e. The Hall–Kier alpha value is -2.94. The average Bonchev–Trinajstić information content (AvgIpc) is 3.21. The Bertz CT molecular complexity index is 1140. The molecule has 146 valence electrons. The van der Waals surface area contributed by atoms with Gasteiger partial charge in [-0.1, -0.05) is 0 Å². The summed E-state index contributed by atoms with van der Waals surface area (Å²) >= 11 is 0. The maximum absolute atomic E-state index is 13.2. The lowest BCUT2D eigenvalue weighted by Gasteiger charge is -2.19. The number of fused-ring (bicyclic) bond motifs is 1. The van der Waals surface area contributed by atoms with Crippen molar-refractivity contribution < 1.29 is 22.0 Å². The maximum atomic E-state index is 13.2. The van der Waals surface area contributed by atoms with Gasteiger partial charge in [0.15, 0.2) is 5.25 Å². The SMILES string of the molecule is O=C(NCc1cc(F)cc(F)c1)C1CCN(c2ccc3[nH]ccc3c2)S1(=O)=O. The predicted molar refractivity (Wildman–Crippen MR) is 101 cm³/mol. The lowest BCUT2D eigenvalue weighted by molar-refractivity contribution is -0.120. The van der Waals surface area contributed by atoms with Gasteiger partial charge in [0.25, 0.3) is 0 Å². The zero-order valence-electron chi connectivity index (χ0n) is 14.7. The molecule has 1 amide bonds. The highest BCUT2D eigenvalue weighted by Gasteiger charge is 2.43. The van der Waals surface area contributed by atoms with Crippen molar-refractivity contribution in [3.05, 3.63) is 65.9 Å². The van der Waals surface area contributed by atoms with Crippen molar-refractivity contribution in [2.24, 2.45) is 0 Å². The number of nitrogens with zero attached hydrogens (tertiary/aromatic N) is 1. The number of rotatable bonds is 4. The number of H-pyrrole nitrogens is 1. The molecule has 1 saturated heterocycles. The molecule has 1 aliphatic heterocycles. The van der Waals surface area contributed by atoms with Crippen molar-refractivity contribution in [2.45, 2.75) is 18.2 Å². The molecule has 1 aliphatic rings. The minimum absolute atomic E-state index is 0.136. The number of carbonyl (C=O) groups is 1. The van der Waals surface area contributed by atoms with Crippen LogP contribution < -0.4 is 9.62 Å². The highest BCUT2D eigenvalue weighted by Crippen LogP contribution is 2.31. The number of halogens is 2. The Morgan fingerprint density at radius 1 is 1.14 bits per heavy atom. The number of anilines is 1. The van der Waals surface area contributed by atoms with E-state index in [1.807, 2.05) is 6.07 Å². The van der Waals surface area contributed by atoms with Gasteiger partial charge in [0.1, 0.15) is 11.6 Å². The molecule has 1 atom stereocenters. The van der Waals surface area contributed by atoms with Gasteiger partial charge in [-0.25, -0.2) is 17.2 Å². The lowest BCUT2D eigenvalue weighted by atomic mass is 10.2. The summed E-state index contributed by atoms with van der Waals surface area (Å²) in [6.45, 7) is 0.0276. The Morgan fingerprint density at radius 3 is 2.64 bits per heavy atom. The Balaban J connectivity index is 1.50. The molecule has 0 radical (unpaired) electrons. The minimum Gasteiger partial charge on any atom is -0.361 e. The minimum atomic E-state index is -3.89. The van der Waals surface area contributed by atoms with Crippen molar-refractivity contribution in [2.75, 3.05) is 10.8 Å². The molecule has 2 heterocycles. The molecule has 1 fully saturated rings. The molecule has 3 aromatic rings. The smallest absolute Gasteiger partial charge is 0.247 e. The second-order valence-electron chi connectivity index (χ2n) is 6.64. The van der Waals surface area contributed by atoms with Gasteiger partial charge in [0.2, 0.25) is 15.9 Å². The van der Waals surface area contributed by atoms with Crippen LogP contribution in [-0.2, 0) is 21.4 Å². The van der Waals surface area contributed by atoms with Gasteiger partial charge in [-0.05, 0) is 48.4 Å². The fourth-order valence-corrected chi connectivity index (χ4v) is 5.25. The largest absolute Gasteiger partial charge is 0.361 e. The van der Waals surface area contributed by atoms with Crippen molar-refractivity contribution >= 4 is 32.5 Å². The fraction of sp³-hybridized carbons (Fsp3) is 0.211. The molecule has 0 aliphatic carbocycles. The third kappa shape index (κ3) is 3.33. The molecular weight excluding hydrogens is 388 g/mol. The van der Waals surface area contributed by atoms with Crippen LogP contribution in [0.1, 0.15) is 12.0 Å². The predicted octanol–water partition coefficient (Wildman–Crippen LogP) is 2.67. The van der Waals surface area contributed by atoms with E-state index in [1.165, 1.54) is 4.31 Å². The normalized spacial score (nSPS) is 18.5. The van der Waals surface area contributed by atoms with Crippen LogP contribution in [0.5, 0.6) is 0 Å². The second kappa shape index (κ2) is 6.90. The molecule has 1 unspecified atom stereocenters. The van der Waals surface area contributed by atoms with Crippen LogP contribution in [0.15, 0.2) is 48.7 Å². The van der Waals surface area contributed by atoms with Crippen LogP contribution in [0, 0.1) is 11.6 Å². The summed E-state index contributed by atoms with van der Waals surface area (Å²) < 4.78 is 53.5. The first kappa shape index (κ1) is 18.4. The monoisotopic (exact) mass is 405 g/mol. The first-order valence-electron chi connectivity index (χ1n) is 8.66. The van der Waals surface area contributed by atoms with Gasteiger partial charge in [-0.3, -0.25) is 9.10 Å². The molecule has 28 heavy (non-hydrogen) atoms. The number of hydrogen-bond donors (Lipinski definition) is 2. The number of benzene rings is 2. The topological polar surface area (TPSA) is 82.3 Å². The molecule has 1 aromatic heterocycles. The summed E-state index contributed by atoms with van der Waals surface area (Å²) in [7, 11) is -3.89. The average molecular weight is 405 g/mol. The van der Waals surface area contributed by atoms with Crippen LogP contribution in [0.4, 0.5) is 14.5 Å². The van der Waals surface area contributed by atoms with Crippen molar-refractivity contribution in [3.8, 4) is 0 Å². The highest BCUT2D eigenvalue weighted by atomic mass is 32.2. The molecule has 4 rings (SSSR count). The lowest BCUT2D eigenvalue weighted by Crippen LogP contribution is -2.40. The molecule has 0 spiro atoms. The Labute approximate surface area is 160 Å². The number of aromatic amines is 1. The van der Waals surface area contributed by atoms with Crippen molar-refractivity contribution in [3.63, 3.8) is 0 Å². The molecular formula is C19H17F2N3O3S. The third-order valence-electron chi connectivity index (χ3n) is 4.77. The summed E-state index contributed by atoms with van der Waals surface area (Å²) in [6, 6.07) is 9.96. The van der Waals surface area contributed by atoms with Gasteiger partial charge < -0.3 is 10.3 Å². The van der Waals surface area contributed by atoms with Crippen molar-refractivity contribution in [1.29, 1.82) is 0 Å². The molecule has 9 heteroatoms. The van der Waals surface area contributed by atoms with Gasteiger partial charge in [-0.15, -0.1) is 0 Å². The fourth-order valence-electron chi connectivity index (χ4n) is 3.42. The zero-order valence-corrected chi connectivity index (χ0v) is 15.5. The van der Waals surface area contributed by atoms with E-state index in [2.05, 4.69) is 10.3 Å². The van der Waals surface area contributed by atoms with Gasteiger partial charge in [-0.2, -0.15) is 0 Å². The van der Waals surface area contributed by atoms with E-state index in [0.717, 1.165) is 29.1 Å². The standard InChI is InChI=1S/C19H17F2N3O3S/c20-14-7-12(8-15(21)10-14)11-23-19(25)18-4-6-24(28(18,26)27)16-1-2-17-13(9-16)3-5-22-17/h1-3,5,7-10,18,22H,4,6,11H2,(H,23,25). The quantitative estimate of drug-likeness (QED) is 0.700. The summed E-state index contributed by atoms with van der Waals surface area (Å²) in [5.74, 6) is -2.21. The van der Waals surface area contributed by atoms with Gasteiger partial charge in [0, 0.05) is 36.3 Å². The van der Waals surface area contributed by atoms with E-state index < -0.39 is 32.8 Å². The van der Waals surface area contributed by atoms with Gasteiger partial charge >= 0.3 is 0 Å². The number of hydrogen-bond acceptors (Lipinski definition) is 3. The van der Waals surface area contributed by atoms with E-state index in [-0.39, 0.29) is 25.1 Å². The first-order chi connectivity index (χ1) is 13.3. The molecule has 0 bridgehead atoms. The van der Waals surface area contributed by atoms with E-state index >= 15 is 0 Å². The molecule has 2 N–H and O–H groups in total. The van der Waals surface area contributed by atoms with Crippen LogP contribution in [-0.4, -0.2) is 31.1 Å². The zero-order chi connectivity index (χ0) is 19.9. The van der Waals surface area contributed by atoms with E-state index in [9.17, 15) is 22.0 Å². The molecule has 0 saturated carbocycles. The second-order valence-corrected chi connectivity index (χ2v) is 8.68. The van der Waals surface area contributed by atoms with Crippen LogP contribution in [0.3, 0.4) is 0 Å². The van der Waals surface area contributed by atoms with Crippen LogP contribution >= 0.6 is 0 Å². The summed E-state index contributed by atoms with van der Waals surface area (Å²) in [4.78, 5) is 15.5. The Kier molecular flexibility index (Phi) is 4.54. The van der Waals surface area contributed by atoms with E-state index in [4.69, 9.17) is 0 Å². The number of aromatic nitrogens is 1. The summed E-state index contributed by atoms with van der Waals surface area (Å²) in [5, 5.41) is 2.09. The van der Waals surface area contributed by atoms with Crippen molar-refractivity contribution in [1.82, 2.24) is 10.3 Å². The van der Waals surface area contributed by atoms with E-state index in [1.54, 1.807) is 24.4 Å². The highest BCUT2D eigenvalue weighted by molar-refractivity contribution is 7.94. The summed E-state index contributed by atoms with van der Waals surface area (Å²) in [5.41, 5.74) is 1.60. The number of carbonyl (C=O) groups excluding carboxylic acids is 1. The Morgan fingerprint density at radius 2 is 1.89 bits per heavy atom. The first-order valence-corrected chi connectivity index (χ1v) is 10.2. The number of nitrogens with one attached hydrogen (secondary N) is 2. The van der Waals surface area contributed by atoms with Gasteiger partial charge in [0.05, 0.1) is 5.69 Å².